The maximum Gasteiger partial charge on any atom is 0.0917 e. The van der Waals surface area contributed by atoms with Crippen LogP contribution in [0.2, 0.25) is 0 Å². The zero-order valence-electron chi connectivity index (χ0n) is 9.74. The molecule has 1 aliphatic rings. The second-order valence-corrected chi connectivity index (χ2v) is 4.17. The van der Waals surface area contributed by atoms with Crippen LogP contribution in [0.15, 0.2) is 36.5 Å². The van der Waals surface area contributed by atoms with Crippen molar-refractivity contribution in [1.82, 2.24) is 4.90 Å². The molecule has 0 aliphatic carbocycles. The molecule has 1 heterocycles. The Labute approximate surface area is 92.6 Å². The highest BCUT2D eigenvalue weighted by molar-refractivity contribution is 5.30. The highest BCUT2D eigenvalue weighted by atomic mass is 16.3. The van der Waals surface area contributed by atoms with Crippen LogP contribution in [0, 0.1) is 0 Å². The van der Waals surface area contributed by atoms with Crippen LogP contribution in [-0.4, -0.2) is 35.7 Å². The van der Waals surface area contributed by atoms with Gasteiger partial charge in [0, 0.05) is 13.1 Å². The molecule has 0 aromatic heterocycles. The number of rotatable bonds is 3. The Morgan fingerprint density at radius 3 is 2.47 bits per heavy atom. The molecule has 15 heavy (non-hydrogen) atoms. The maximum absolute atomic E-state index is 10.5. The fourth-order valence-electron chi connectivity index (χ4n) is 1.97. The predicted octanol–water partition coefficient (Wildman–Crippen LogP) is 2.13. The molecule has 0 aromatic carbocycles. The number of likely N-dealkylation sites (tertiary alicyclic amines) is 1. The van der Waals surface area contributed by atoms with E-state index in [2.05, 4.69) is 18.5 Å². The summed E-state index contributed by atoms with van der Waals surface area (Å²) in [4.78, 5) is 2.25. The first-order valence-electron chi connectivity index (χ1n) is 5.49. The normalized spacial score (nSPS) is 23.3. The quantitative estimate of drug-likeness (QED) is 0.717. The largest absolute Gasteiger partial charge is 0.385 e. The van der Waals surface area contributed by atoms with Crippen molar-refractivity contribution in [1.29, 1.82) is 0 Å². The smallest absolute Gasteiger partial charge is 0.0917 e. The van der Waals surface area contributed by atoms with Crippen LogP contribution < -0.4 is 0 Å². The molecule has 0 amide bonds. The molecule has 0 unspecified atom stereocenters. The van der Waals surface area contributed by atoms with Gasteiger partial charge in [-0.05, 0) is 32.4 Å². The van der Waals surface area contributed by atoms with Crippen LogP contribution in [0.5, 0.6) is 0 Å². The Balaban J connectivity index is 2.75. The molecule has 1 aliphatic heterocycles. The van der Waals surface area contributed by atoms with Crippen molar-refractivity contribution in [3.63, 3.8) is 0 Å². The van der Waals surface area contributed by atoms with E-state index in [0.29, 0.717) is 0 Å². The number of hydrogen-bond donors (Lipinski definition) is 1. The van der Waals surface area contributed by atoms with Crippen LogP contribution in [0.25, 0.3) is 0 Å². The van der Waals surface area contributed by atoms with Crippen LogP contribution in [-0.2, 0) is 0 Å². The molecule has 0 bridgehead atoms. The van der Waals surface area contributed by atoms with Crippen molar-refractivity contribution in [2.45, 2.75) is 25.4 Å². The van der Waals surface area contributed by atoms with Crippen molar-refractivity contribution < 1.29 is 5.11 Å². The average molecular weight is 207 g/mol. The molecular formula is C13H21NO. The van der Waals surface area contributed by atoms with Crippen molar-refractivity contribution in [3.05, 3.63) is 36.5 Å². The molecule has 1 rings (SSSR count). The van der Waals surface area contributed by atoms with Crippen LogP contribution in [0.1, 0.15) is 19.8 Å². The van der Waals surface area contributed by atoms with Crippen molar-refractivity contribution in [2.24, 2.45) is 0 Å². The predicted molar refractivity (Wildman–Crippen MR) is 64.8 cm³/mol. The minimum atomic E-state index is -0.638. The topological polar surface area (TPSA) is 23.5 Å². The third-order valence-electron chi connectivity index (χ3n) is 3.07. The number of allylic oxidation sites excluding steroid dienone is 3. The second-order valence-electron chi connectivity index (χ2n) is 4.17. The number of piperidine rings is 1. The summed E-state index contributed by atoms with van der Waals surface area (Å²) >= 11 is 0. The lowest BCUT2D eigenvalue weighted by molar-refractivity contribution is 0.0191. The fraction of sp³-hybridized carbons (Fsp3) is 0.538. The molecule has 1 N–H and O–H groups in total. The van der Waals surface area contributed by atoms with E-state index in [1.165, 1.54) is 0 Å². The lowest BCUT2D eigenvalue weighted by Gasteiger charge is -2.37. The van der Waals surface area contributed by atoms with Gasteiger partial charge in [-0.3, -0.25) is 0 Å². The van der Waals surface area contributed by atoms with Gasteiger partial charge in [0.25, 0.3) is 0 Å². The molecule has 0 saturated carbocycles. The summed E-state index contributed by atoms with van der Waals surface area (Å²) in [7, 11) is 2.09. The Morgan fingerprint density at radius 1 is 1.40 bits per heavy atom. The van der Waals surface area contributed by atoms with E-state index >= 15 is 0 Å². The van der Waals surface area contributed by atoms with Gasteiger partial charge in [-0.1, -0.05) is 30.9 Å². The van der Waals surface area contributed by atoms with Crippen LogP contribution in [0.4, 0.5) is 0 Å². The number of hydrogen-bond acceptors (Lipinski definition) is 2. The van der Waals surface area contributed by atoms with Crippen molar-refractivity contribution in [2.75, 3.05) is 20.1 Å². The molecule has 0 aromatic rings. The molecule has 1 fully saturated rings. The molecule has 2 nitrogen and oxygen atoms in total. The van der Waals surface area contributed by atoms with Gasteiger partial charge in [-0.15, -0.1) is 0 Å². The molecule has 84 valence electrons. The summed E-state index contributed by atoms with van der Waals surface area (Å²) in [5.74, 6) is 0. The molecule has 0 radical (unpaired) electrons. The van der Waals surface area contributed by atoms with E-state index in [1.807, 2.05) is 25.2 Å². The van der Waals surface area contributed by atoms with Gasteiger partial charge in [0.15, 0.2) is 0 Å². The van der Waals surface area contributed by atoms with E-state index in [-0.39, 0.29) is 0 Å². The zero-order chi connectivity index (χ0) is 11.3. The minimum absolute atomic E-state index is 0.638. The summed E-state index contributed by atoms with van der Waals surface area (Å²) < 4.78 is 0. The number of nitrogens with zero attached hydrogens (tertiary/aromatic N) is 1. The third kappa shape index (κ3) is 3.05. The van der Waals surface area contributed by atoms with Gasteiger partial charge in [0.05, 0.1) is 5.60 Å². The Bertz CT molecular complexity index is 270. The highest BCUT2D eigenvalue weighted by Crippen LogP contribution is 2.29. The Hall–Kier alpha value is -0.860. The first-order valence-corrected chi connectivity index (χ1v) is 5.49. The fourth-order valence-corrected chi connectivity index (χ4v) is 1.97. The monoisotopic (exact) mass is 207 g/mol. The Kier molecular flexibility index (Phi) is 4.30. The van der Waals surface area contributed by atoms with Gasteiger partial charge in [0.2, 0.25) is 0 Å². The SMILES string of the molecule is C=C/C=C\C(=C/C)C1(O)CCN(C)CC1. The Morgan fingerprint density at radius 2 is 2.00 bits per heavy atom. The molecule has 1 saturated heterocycles. The third-order valence-corrected chi connectivity index (χ3v) is 3.07. The van der Waals surface area contributed by atoms with Crippen LogP contribution >= 0.6 is 0 Å². The molecule has 2 heteroatoms. The van der Waals surface area contributed by atoms with E-state index in [1.54, 1.807) is 6.08 Å². The van der Waals surface area contributed by atoms with Gasteiger partial charge in [0.1, 0.15) is 0 Å². The number of aliphatic hydroxyl groups is 1. The summed E-state index contributed by atoms with van der Waals surface area (Å²) in [6, 6.07) is 0. The average Bonchev–Trinajstić information content (AvgIpc) is 2.24. The summed E-state index contributed by atoms with van der Waals surface area (Å²) in [6.45, 7) is 7.52. The summed E-state index contributed by atoms with van der Waals surface area (Å²) in [6.07, 6.45) is 9.19. The van der Waals surface area contributed by atoms with E-state index < -0.39 is 5.60 Å². The van der Waals surface area contributed by atoms with Crippen LogP contribution in [0.3, 0.4) is 0 Å². The lowest BCUT2D eigenvalue weighted by Crippen LogP contribution is -2.43. The maximum atomic E-state index is 10.5. The van der Waals surface area contributed by atoms with Crippen molar-refractivity contribution >= 4 is 0 Å². The molecular weight excluding hydrogens is 186 g/mol. The van der Waals surface area contributed by atoms with Gasteiger partial charge in [-0.25, -0.2) is 0 Å². The highest BCUT2D eigenvalue weighted by Gasteiger charge is 2.33. The first-order chi connectivity index (χ1) is 7.12. The van der Waals surface area contributed by atoms with Gasteiger partial charge < -0.3 is 10.0 Å². The first kappa shape index (κ1) is 12.2. The van der Waals surface area contributed by atoms with Gasteiger partial charge in [-0.2, -0.15) is 0 Å². The lowest BCUT2D eigenvalue weighted by atomic mass is 9.83. The summed E-state index contributed by atoms with van der Waals surface area (Å²) in [5, 5.41) is 10.5. The van der Waals surface area contributed by atoms with E-state index in [9.17, 15) is 5.11 Å². The van der Waals surface area contributed by atoms with Crippen molar-refractivity contribution in [3.8, 4) is 0 Å². The zero-order valence-corrected chi connectivity index (χ0v) is 9.74. The van der Waals surface area contributed by atoms with E-state index in [0.717, 1.165) is 31.5 Å². The summed E-state index contributed by atoms with van der Waals surface area (Å²) in [5.41, 5.74) is 0.372. The second kappa shape index (κ2) is 5.29. The molecule has 0 atom stereocenters. The minimum Gasteiger partial charge on any atom is -0.385 e. The molecule has 0 spiro atoms. The standard InChI is InChI=1S/C13H21NO/c1-4-6-7-12(5-2)13(15)8-10-14(3)11-9-13/h4-7,15H,1,8-11H2,2-3H3/b7-6-,12-5+. The van der Waals surface area contributed by atoms with E-state index in [4.69, 9.17) is 0 Å². The van der Waals surface area contributed by atoms with Gasteiger partial charge >= 0.3 is 0 Å².